The van der Waals surface area contributed by atoms with Gasteiger partial charge in [-0.15, -0.1) is 0 Å². The van der Waals surface area contributed by atoms with Gasteiger partial charge in [0.25, 0.3) is 0 Å². The summed E-state index contributed by atoms with van der Waals surface area (Å²) >= 11 is 0. The zero-order valence-corrected chi connectivity index (χ0v) is 13.0. The monoisotopic (exact) mass is 290 g/mol. The van der Waals surface area contributed by atoms with Gasteiger partial charge in [0.2, 0.25) is 5.91 Å². The molecule has 1 aromatic carbocycles. The molecular formula is C17H26N2O2. The van der Waals surface area contributed by atoms with Crippen LogP contribution in [0.3, 0.4) is 0 Å². The summed E-state index contributed by atoms with van der Waals surface area (Å²) in [4.78, 5) is 12.1. The molecule has 0 spiro atoms. The van der Waals surface area contributed by atoms with Crippen LogP contribution < -0.4 is 15.4 Å². The number of rotatable bonds is 6. The molecular weight excluding hydrogens is 264 g/mol. The van der Waals surface area contributed by atoms with Gasteiger partial charge in [-0.25, -0.2) is 0 Å². The molecule has 0 aromatic heterocycles. The van der Waals surface area contributed by atoms with Gasteiger partial charge in [0, 0.05) is 0 Å². The first-order chi connectivity index (χ1) is 10.2. The molecule has 4 heteroatoms. The molecule has 2 atom stereocenters. The third-order valence-corrected chi connectivity index (χ3v) is 3.97. The maximum Gasteiger partial charge on any atom is 0.237 e. The second kappa shape index (κ2) is 8.03. The van der Waals surface area contributed by atoms with E-state index in [1.165, 1.54) is 0 Å². The van der Waals surface area contributed by atoms with Gasteiger partial charge in [0.1, 0.15) is 11.9 Å². The van der Waals surface area contributed by atoms with Gasteiger partial charge in [-0.3, -0.25) is 4.79 Å². The fourth-order valence-corrected chi connectivity index (χ4v) is 2.55. The lowest BCUT2D eigenvalue weighted by atomic mass is 10.0. The van der Waals surface area contributed by atoms with Crippen LogP contribution in [0.4, 0.5) is 0 Å². The smallest absolute Gasteiger partial charge is 0.237 e. The van der Waals surface area contributed by atoms with Crippen LogP contribution in [0.2, 0.25) is 0 Å². The van der Waals surface area contributed by atoms with Crippen molar-refractivity contribution in [2.24, 2.45) is 0 Å². The molecule has 1 saturated heterocycles. The van der Waals surface area contributed by atoms with E-state index < -0.39 is 0 Å². The van der Waals surface area contributed by atoms with Gasteiger partial charge in [-0.05, 0) is 44.4 Å². The van der Waals surface area contributed by atoms with Crippen LogP contribution in [0.25, 0.3) is 0 Å². The van der Waals surface area contributed by atoms with Crippen LogP contribution in [-0.2, 0) is 4.79 Å². The molecule has 1 aliphatic rings. The van der Waals surface area contributed by atoms with Crippen molar-refractivity contribution in [3.63, 3.8) is 0 Å². The van der Waals surface area contributed by atoms with Crippen LogP contribution in [0.15, 0.2) is 24.3 Å². The van der Waals surface area contributed by atoms with Gasteiger partial charge in [-0.2, -0.15) is 0 Å². The van der Waals surface area contributed by atoms with Gasteiger partial charge in [0.15, 0.2) is 0 Å². The first-order valence-electron chi connectivity index (χ1n) is 7.94. The van der Waals surface area contributed by atoms with E-state index in [0.717, 1.165) is 43.5 Å². The SMILES string of the molecule is CCC(CNC(=O)C1CCCCN1)Oc1ccccc1C. The summed E-state index contributed by atoms with van der Waals surface area (Å²) in [6.45, 7) is 5.61. The molecule has 1 heterocycles. The molecule has 0 aliphatic carbocycles. The summed E-state index contributed by atoms with van der Waals surface area (Å²) < 4.78 is 6.00. The zero-order valence-electron chi connectivity index (χ0n) is 13.0. The largest absolute Gasteiger partial charge is 0.488 e. The number of benzene rings is 1. The highest BCUT2D eigenvalue weighted by atomic mass is 16.5. The maximum atomic E-state index is 12.1. The average Bonchev–Trinajstić information content (AvgIpc) is 2.53. The van der Waals surface area contributed by atoms with Crippen molar-refractivity contribution in [3.8, 4) is 5.75 Å². The Balaban J connectivity index is 1.82. The lowest BCUT2D eigenvalue weighted by molar-refractivity contribution is -0.124. The zero-order chi connectivity index (χ0) is 15.1. The average molecular weight is 290 g/mol. The van der Waals surface area contributed by atoms with Crippen LogP contribution >= 0.6 is 0 Å². The number of piperidine rings is 1. The third-order valence-electron chi connectivity index (χ3n) is 3.97. The Hall–Kier alpha value is -1.55. The lowest BCUT2D eigenvalue weighted by Gasteiger charge is -2.24. The van der Waals surface area contributed by atoms with E-state index in [4.69, 9.17) is 4.74 Å². The van der Waals surface area contributed by atoms with Crippen molar-refractivity contribution < 1.29 is 9.53 Å². The minimum atomic E-state index is -0.0327. The Bertz CT molecular complexity index is 456. The predicted molar refractivity (Wildman–Crippen MR) is 84.5 cm³/mol. The minimum Gasteiger partial charge on any atom is -0.488 e. The minimum absolute atomic E-state index is 0.0126. The van der Waals surface area contributed by atoms with Gasteiger partial charge >= 0.3 is 0 Å². The van der Waals surface area contributed by atoms with Gasteiger partial charge < -0.3 is 15.4 Å². The molecule has 2 unspecified atom stereocenters. The molecule has 2 N–H and O–H groups in total. The van der Waals surface area contributed by atoms with Crippen molar-refractivity contribution in [1.29, 1.82) is 0 Å². The molecule has 21 heavy (non-hydrogen) atoms. The first-order valence-corrected chi connectivity index (χ1v) is 7.94. The molecule has 116 valence electrons. The van der Waals surface area contributed by atoms with Crippen LogP contribution in [0, 0.1) is 6.92 Å². The van der Waals surface area contributed by atoms with E-state index in [0.29, 0.717) is 6.54 Å². The summed E-state index contributed by atoms with van der Waals surface area (Å²) in [7, 11) is 0. The topological polar surface area (TPSA) is 50.4 Å². The second-order valence-electron chi connectivity index (χ2n) is 5.66. The Morgan fingerprint density at radius 2 is 2.24 bits per heavy atom. The van der Waals surface area contributed by atoms with E-state index in [1.54, 1.807) is 0 Å². The number of hydrogen-bond acceptors (Lipinski definition) is 3. The van der Waals surface area contributed by atoms with Crippen molar-refractivity contribution in [1.82, 2.24) is 10.6 Å². The summed E-state index contributed by atoms with van der Waals surface area (Å²) in [5.74, 6) is 0.996. The van der Waals surface area contributed by atoms with Crippen LogP contribution in [-0.4, -0.2) is 31.1 Å². The molecule has 1 fully saturated rings. The highest BCUT2D eigenvalue weighted by Gasteiger charge is 2.21. The molecule has 0 saturated carbocycles. The van der Waals surface area contributed by atoms with E-state index in [2.05, 4.69) is 17.6 Å². The fraction of sp³-hybridized carbons (Fsp3) is 0.588. The van der Waals surface area contributed by atoms with Crippen molar-refractivity contribution >= 4 is 5.91 Å². The molecule has 4 nitrogen and oxygen atoms in total. The lowest BCUT2D eigenvalue weighted by Crippen LogP contribution is -2.48. The van der Waals surface area contributed by atoms with E-state index in [1.807, 2.05) is 31.2 Å². The fourth-order valence-electron chi connectivity index (χ4n) is 2.55. The third kappa shape index (κ3) is 4.74. The second-order valence-corrected chi connectivity index (χ2v) is 5.66. The number of carbonyl (C=O) groups is 1. The quantitative estimate of drug-likeness (QED) is 0.846. The van der Waals surface area contributed by atoms with Crippen molar-refractivity contribution in [3.05, 3.63) is 29.8 Å². The van der Waals surface area contributed by atoms with Crippen LogP contribution in [0.5, 0.6) is 5.75 Å². The normalized spacial score (nSPS) is 19.8. The Labute approximate surface area is 127 Å². The number of para-hydroxylation sites is 1. The number of amides is 1. The summed E-state index contributed by atoms with van der Waals surface area (Å²) in [6, 6.07) is 7.95. The van der Waals surface area contributed by atoms with Gasteiger partial charge in [-0.1, -0.05) is 31.5 Å². The van der Waals surface area contributed by atoms with Crippen molar-refractivity contribution in [2.75, 3.05) is 13.1 Å². The number of hydrogen-bond donors (Lipinski definition) is 2. The van der Waals surface area contributed by atoms with Gasteiger partial charge in [0.05, 0.1) is 12.6 Å². The summed E-state index contributed by atoms with van der Waals surface area (Å²) in [5, 5.41) is 6.28. The van der Waals surface area contributed by atoms with E-state index >= 15 is 0 Å². The van der Waals surface area contributed by atoms with Crippen molar-refractivity contribution in [2.45, 2.75) is 51.7 Å². The standard InChI is InChI=1S/C17H26N2O2/c1-3-14(21-16-10-5-4-8-13(16)2)12-19-17(20)15-9-6-7-11-18-15/h4-5,8,10,14-15,18H,3,6-7,9,11-12H2,1-2H3,(H,19,20). The van der Waals surface area contributed by atoms with Crippen LogP contribution in [0.1, 0.15) is 38.2 Å². The maximum absolute atomic E-state index is 12.1. The highest BCUT2D eigenvalue weighted by molar-refractivity contribution is 5.81. The number of aryl methyl sites for hydroxylation is 1. The Morgan fingerprint density at radius 3 is 2.90 bits per heavy atom. The molecule has 2 rings (SSSR count). The Kier molecular flexibility index (Phi) is 6.05. The molecule has 0 bridgehead atoms. The highest BCUT2D eigenvalue weighted by Crippen LogP contribution is 2.18. The van der Waals surface area contributed by atoms with E-state index in [-0.39, 0.29) is 18.1 Å². The number of carbonyl (C=O) groups excluding carboxylic acids is 1. The number of nitrogens with one attached hydrogen (secondary N) is 2. The summed E-state index contributed by atoms with van der Waals surface area (Å²) in [5.41, 5.74) is 1.12. The number of ether oxygens (including phenoxy) is 1. The Morgan fingerprint density at radius 1 is 1.43 bits per heavy atom. The molecule has 1 aliphatic heterocycles. The predicted octanol–water partition coefficient (Wildman–Crippen LogP) is 2.41. The molecule has 1 aromatic rings. The first kappa shape index (κ1) is 15.8. The molecule has 1 amide bonds. The van der Waals surface area contributed by atoms with E-state index in [9.17, 15) is 4.79 Å². The summed E-state index contributed by atoms with van der Waals surface area (Å²) in [6.07, 6.45) is 4.10. The molecule has 0 radical (unpaired) electrons.